The van der Waals surface area contributed by atoms with Crippen LogP contribution in [-0.4, -0.2) is 30.0 Å². The van der Waals surface area contributed by atoms with Crippen LogP contribution in [0.25, 0.3) is 0 Å². The molecule has 2 aliphatic heterocycles. The second-order valence-electron chi connectivity index (χ2n) is 5.47. The molecule has 1 atom stereocenters. The van der Waals surface area contributed by atoms with Gasteiger partial charge in [-0.2, -0.15) is 0 Å². The number of amides is 3. The Hall–Kier alpha value is -2.24. The number of imide groups is 1. The van der Waals surface area contributed by atoms with Crippen molar-refractivity contribution < 1.29 is 14.4 Å². The Morgan fingerprint density at radius 1 is 1.45 bits per heavy atom. The minimum absolute atomic E-state index is 0.215. The van der Waals surface area contributed by atoms with Crippen LogP contribution in [0.1, 0.15) is 26.7 Å². The molecule has 1 fully saturated rings. The van der Waals surface area contributed by atoms with Crippen LogP contribution in [-0.2, 0) is 14.4 Å². The van der Waals surface area contributed by atoms with Crippen LogP contribution in [0, 0.1) is 5.41 Å². The third kappa shape index (κ3) is 3.40. The Morgan fingerprint density at radius 2 is 2.20 bits per heavy atom. The van der Waals surface area contributed by atoms with Crippen LogP contribution in [0.15, 0.2) is 28.9 Å². The van der Waals surface area contributed by atoms with Gasteiger partial charge >= 0.3 is 0 Å². The maximum absolute atomic E-state index is 12.1. The number of hydrogen-bond donors (Lipinski definition) is 2. The molecule has 0 radical (unpaired) electrons. The molecule has 106 valence electrons. The Morgan fingerprint density at radius 3 is 2.90 bits per heavy atom. The predicted molar refractivity (Wildman–Crippen MR) is 73.8 cm³/mol. The summed E-state index contributed by atoms with van der Waals surface area (Å²) in [6.07, 6.45) is 7.54. The van der Waals surface area contributed by atoms with Gasteiger partial charge in [0.05, 0.1) is 0 Å². The third-order valence-corrected chi connectivity index (χ3v) is 3.09. The number of aliphatic imine (C=N–C) groups is 1. The maximum atomic E-state index is 12.1. The van der Waals surface area contributed by atoms with E-state index in [1.54, 1.807) is 18.4 Å². The Balaban J connectivity index is 2.02. The molecule has 2 N–H and O–H groups in total. The first kappa shape index (κ1) is 14.2. The number of piperidine rings is 1. The molecule has 1 saturated heterocycles. The fourth-order valence-corrected chi connectivity index (χ4v) is 1.91. The molecule has 0 bridgehead atoms. The van der Waals surface area contributed by atoms with Crippen LogP contribution in [0.2, 0.25) is 0 Å². The number of hydrogen-bond acceptors (Lipinski definition) is 4. The predicted octanol–water partition coefficient (Wildman–Crippen LogP) is 0.459. The van der Waals surface area contributed by atoms with Gasteiger partial charge in [0.25, 0.3) is 5.91 Å². The maximum Gasteiger partial charge on any atom is 0.270 e. The highest BCUT2D eigenvalue weighted by Crippen LogP contribution is 2.18. The molecule has 0 aromatic carbocycles. The van der Waals surface area contributed by atoms with Gasteiger partial charge in [-0.25, -0.2) is 0 Å². The van der Waals surface area contributed by atoms with E-state index in [1.165, 1.54) is 0 Å². The van der Waals surface area contributed by atoms with Crippen LogP contribution in [0.5, 0.6) is 0 Å². The Labute approximate surface area is 117 Å². The summed E-state index contributed by atoms with van der Waals surface area (Å²) in [5.74, 6) is -1.20. The van der Waals surface area contributed by atoms with Crippen molar-refractivity contribution >= 4 is 23.9 Å². The summed E-state index contributed by atoms with van der Waals surface area (Å²) in [5.41, 5.74) is 0.0317. The molecule has 6 heteroatoms. The smallest absolute Gasteiger partial charge is 0.270 e. The Bertz CT molecular complexity index is 544. The highest BCUT2D eigenvalue weighted by atomic mass is 16.2. The van der Waals surface area contributed by atoms with Crippen LogP contribution in [0.4, 0.5) is 0 Å². The number of nitrogens with one attached hydrogen (secondary N) is 2. The van der Waals surface area contributed by atoms with Gasteiger partial charge < -0.3 is 5.32 Å². The summed E-state index contributed by atoms with van der Waals surface area (Å²) in [6.45, 7) is 3.95. The largest absolute Gasteiger partial charge is 0.339 e. The van der Waals surface area contributed by atoms with E-state index >= 15 is 0 Å². The van der Waals surface area contributed by atoms with E-state index in [4.69, 9.17) is 0 Å². The first-order valence-electron chi connectivity index (χ1n) is 6.47. The number of carbonyl (C=O) groups excluding carboxylic acids is 3. The molecule has 20 heavy (non-hydrogen) atoms. The molecule has 3 amide bonds. The summed E-state index contributed by atoms with van der Waals surface area (Å²) in [4.78, 5) is 38.8. The second kappa shape index (κ2) is 5.40. The number of nitrogens with zero attached hydrogens (tertiary/aromatic N) is 1. The standard InChI is InChI=1S/C14H17N3O3/c1-14(2)7-3-4-9(15-8-14)12(19)16-10-5-6-11(18)17-13(10)20/h3-4,7-8,10H,5-6H2,1-2H3,(H,16,19)(H,17,18,20). The van der Waals surface area contributed by atoms with Gasteiger partial charge in [-0.1, -0.05) is 26.0 Å². The van der Waals surface area contributed by atoms with E-state index in [2.05, 4.69) is 15.6 Å². The molecular weight excluding hydrogens is 258 g/mol. The van der Waals surface area contributed by atoms with Crippen molar-refractivity contribution in [3.05, 3.63) is 23.9 Å². The third-order valence-electron chi connectivity index (χ3n) is 3.09. The van der Waals surface area contributed by atoms with Crippen molar-refractivity contribution in [3.63, 3.8) is 0 Å². The molecule has 6 nitrogen and oxygen atoms in total. The van der Waals surface area contributed by atoms with E-state index < -0.39 is 17.9 Å². The number of allylic oxidation sites excluding steroid dienone is 3. The fraction of sp³-hybridized carbons (Fsp3) is 0.429. The van der Waals surface area contributed by atoms with Crippen LogP contribution >= 0.6 is 0 Å². The van der Waals surface area contributed by atoms with E-state index in [9.17, 15) is 14.4 Å². The lowest BCUT2D eigenvalue weighted by molar-refractivity contribution is -0.136. The second-order valence-corrected chi connectivity index (χ2v) is 5.47. The fourth-order valence-electron chi connectivity index (χ4n) is 1.91. The average molecular weight is 275 g/mol. The summed E-state index contributed by atoms with van der Waals surface area (Å²) in [6, 6.07) is -0.684. The van der Waals surface area contributed by atoms with E-state index in [0.29, 0.717) is 6.42 Å². The van der Waals surface area contributed by atoms with Crippen molar-refractivity contribution in [2.45, 2.75) is 32.7 Å². The van der Waals surface area contributed by atoms with Crippen molar-refractivity contribution in [1.29, 1.82) is 0 Å². The lowest BCUT2D eigenvalue weighted by atomic mass is 9.95. The normalized spacial score (nSPS) is 24.7. The minimum atomic E-state index is -0.684. The number of carbonyl (C=O) groups is 3. The van der Waals surface area contributed by atoms with Gasteiger partial charge in [0.2, 0.25) is 11.8 Å². The van der Waals surface area contributed by atoms with Crippen molar-refractivity contribution in [3.8, 4) is 0 Å². The van der Waals surface area contributed by atoms with Gasteiger partial charge in [-0.3, -0.25) is 24.7 Å². The van der Waals surface area contributed by atoms with Crippen molar-refractivity contribution in [1.82, 2.24) is 10.6 Å². The lowest BCUT2D eigenvalue weighted by Gasteiger charge is -2.21. The van der Waals surface area contributed by atoms with Gasteiger partial charge in [-0.15, -0.1) is 0 Å². The highest BCUT2D eigenvalue weighted by molar-refractivity contribution is 6.04. The quantitative estimate of drug-likeness (QED) is 0.718. The molecular formula is C14H17N3O3. The molecule has 0 saturated carbocycles. The van der Waals surface area contributed by atoms with E-state index in [-0.39, 0.29) is 23.4 Å². The summed E-state index contributed by atoms with van der Waals surface area (Å²) >= 11 is 0. The van der Waals surface area contributed by atoms with E-state index in [0.717, 1.165) is 0 Å². The lowest BCUT2D eigenvalue weighted by Crippen LogP contribution is -2.52. The molecule has 0 spiro atoms. The zero-order chi connectivity index (χ0) is 14.8. The average Bonchev–Trinajstić information content (AvgIpc) is 2.54. The van der Waals surface area contributed by atoms with E-state index in [1.807, 2.05) is 19.9 Å². The molecule has 0 aromatic rings. The summed E-state index contributed by atoms with van der Waals surface area (Å²) in [5, 5.41) is 4.79. The zero-order valence-corrected chi connectivity index (χ0v) is 11.5. The van der Waals surface area contributed by atoms with Crippen LogP contribution in [0.3, 0.4) is 0 Å². The van der Waals surface area contributed by atoms with Gasteiger partial charge in [0.1, 0.15) is 11.7 Å². The molecule has 2 aliphatic rings. The van der Waals surface area contributed by atoms with Gasteiger partial charge in [0.15, 0.2) is 0 Å². The van der Waals surface area contributed by atoms with Crippen molar-refractivity contribution in [2.75, 3.05) is 0 Å². The Kier molecular flexibility index (Phi) is 3.83. The summed E-state index contributed by atoms with van der Waals surface area (Å²) < 4.78 is 0. The monoisotopic (exact) mass is 275 g/mol. The highest BCUT2D eigenvalue weighted by Gasteiger charge is 2.28. The first-order valence-corrected chi connectivity index (χ1v) is 6.47. The SMILES string of the molecule is CC1(C)C=CC=C(C(=O)NC2CCC(=O)NC2=O)N=C1. The minimum Gasteiger partial charge on any atom is -0.339 e. The molecule has 2 rings (SSSR count). The molecule has 1 unspecified atom stereocenters. The summed E-state index contributed by atoms with van der Waals surface area (Å²) in [7, 11) is 0. The van der Waals surface area contributed by atoms with Crippen LogP contribution < -0.4 is 10.6 Å². The molecule has 0 aromatic heterocycles. The number of rotatable bonds is 2. The first-order chi connectivity index (χ1) is 9.37. The molecule has 0 aliphatic carbocycles. The van der Waals surface area contributed by atoms with Crippen molar-refractivity contribution in [2.24, 2.45) is 10.4 Å². The van der Waals surface area contributed by atoms with Gasteiger partial charge in [0, 0.05) is 18.1 Å². The molecule has 2 heterocycles. The zero-order valence-electron chi connectivity index (χ0n) is 11.5. The topological polar surface area (TPSA) is 87.6 Å². The van der Waals surface area contributed by atoms with Gasteiger partial charge in [-0.05, 0) is 12.5 Å².